The zero-order valence-electron chi connectivity index (χ0n) is 17.6. The van der Waals surface area contributed by atoms with E-state index in [2.05, 4.69) is 39.4 Å². The molecule has 6 nitrogen and oxygen atoms in total. The van der Waals surface area contributed by atoms with Crippen LogP contribution in [0.15, 0.2) is 16.7 Å². The molecule has 156 valence electrons. The monoisotopic (exact) mass is 460 g/mol. The Morgan fingerprint density at radius 3 is 2.66 bits per heavy atom. The van der Waals surface area contributed by atoms with Crippen LogP contribution in [-0.4, -0.2) is 59.0 Å². The number of nitrogens with one attached hydrogen (secondary N) is 1. The summed E-state index contributed by atoms with van der Waals surface area (Å²) in [6, 6.07) is 4.30. The fraction of sp³-hybridized carbons (Fsp3) is 0.545. The number of likely N-dealkylation sites (N-methyl/N-ethyl adjacent to an activating group) is 1. The molecule has 2 atom stereocenters. The van der Waals surface area contributed by atoms with Crippen molar-refractivity contribution < 1.29 is 9.59 Å². The highest BCUT2D eigenvalue weighted by atomic mass is 79.9. The fourth-order valence-corrected chi connectivity index (χ4v) is 5.70. The van der Waals surface area contributed by atoms with Crippen LogP contribution in [0, 0.1) is 0 Å². The van der Waals surface area contributed by atoms with Crippen LogP contribution < -0.4 is 5.43 Å². The minimum atomic E-state index is -0.136. The first kappa shape index (κ1) is 20.4. The molecule has 7 heteroatoms. The quantitative estimate of drug-likeness (QED) is 0.690. The van der Waals surface area contributed by atoms with Gasteiger partial charge in [0.25, 0.3) is 0 Å². The van der Waals surface area contributed by atoms with Crippen LogP contribution in [0.2, 0.25) is 0 Å². The molecule has 0 radical (unpaired) electrons. The van der Waals surface area contributed by atoms with E-state index >= 15 is 0 Å². The number of hydrogen-bond acceptors (Lipinski definition) is 3. The number of piperidine rings is 1. The van der Waals surface area contributed by atoms with Crippen LogP contribution in [0.4, 0.5) is 4.79 Å². The van der Waals surface area contributed by atoms with Crippen molar-refractivity contribution in [3.63, 3.8) is 0 Å². The molecule has 2 amide bonds. The number of urea groups is 1. The van der Waals surface area contributed by atoms with Crippen LogP contribution in [-0.2, 0) is 6.42 Å². The van der Waals surface area contributed by atoms with Gasteiger partial charge < -0.3 is 9.80 Å². The maximum Gasteiger partial charge on any atom is 0.336 e. The maximum absolute atomic E-state index is 12.8. The minimum Gasteiger partial charge on any atom is -0.324 e. The number of ketones is 1. The van der Waals surface area contributed by atoms with E-state index < -0.39 is 0 Å². The number of aromatic nitrogens is 1. The maximum atomic E-state index is 12.8. The average molecular weight is 461 g/mol. The highest BCUT2D eigenvalue weighted by Crippen LogP contribution is 2.46. The van der Waals surface area contributed by atoms with Gasteiger partial charge in [0.1, 0.15) is 4.60 Å². The van der Waals surface area contributed by atoms with E-state index in [0.717, 1.165) is 29.5 Å². The van der Waals surface area contributed by atoms with Crippen molar-refractivity contribution >= 4 is 38.6 Å². The molecule has 1 N–H and O–H groups in total. The topological polar surface area (TPSA) is 57.6 Å². The van der Waals surface area contributed by atoms with E-state index in [-0.39, 0.29) is 11.8 Å². The molecule has 0 spiro atoms. The molecule has 2 aliphatic rings. The molecule has 1 aromatic heterocycles. The Hall–Kier alpha value is -1.86. The summed E-state index contributed by atoms with van der Waals surface area (Å²) in [5.41, 5.74) is 7.14. The van der Waals surface area contributed by atoms with Crippen molar-refractivity contribution in [1.29, 1.82) is 0 Å². The highest BCUT2D eigenvalue weighted by Gasteiger charge is 2.38. The smallest absolute Gasteiger partial charge is 0.324 e. The van der Waals surface area contributed by atoms with Crippen LogP contribution >= 0.6 is 15.9 Å². The number of Topliss-reactive ketones (excluding diaryl/α,β-unsaturated/α-hetero) is 1. The van der Waals surface area contributed by atoms with Gasteiger partial charge in [0, 0.05) is 36.0 Å². The van der Waals surface area contributed by atoms with Gasteiger partial charge in [-0.3, -0.25) is 4.79 Å². The third kappa shape index (κ3) is 3.28. The fourth-order valence-electron chi connectivity index (χ4n) is 5.06. The molecule has 2 heterocycles. The zero-order valence-corrected chi connectivity index (χ0v) is 19.2. The summed E-state index contributed by atoms with van der Waals surface area (Å²) in [5.74, 6) is 0.471. The molecule has 0 bridgehead atoms. The molecule has 1 fully saturated rings. The summed E-state index contributed by atoms with van der Waals surface area (Å²) in [6.07, 6.45) is 3.25. The number of carbonyl (C=O) groups is 2. The van der Waals surface area contributed by atoms with E-state index in [0.29, 0.717) is 30.6 Å². The molecule has 1 aromatic carbocycles. The van der Waals surface area contributed by atoms with Gasteiger partial charge in [-0.2, -0.15) is 0 Å². The number of amides is 2. The van der Waals surface area contributed by atoms with Crippen LogP contribution in [0.25, 0.3) is 10.9 Å². The number of rotatable bonds is 4. The first-order valence-corrected chi connectivity index (χ1v) is 11.3. The second kappa shape index (κ2) is 7.76. The third-order valence-electron chi connectivity index (χ3n) is 6.67. The Balaban J connectivity index is 1.91. The first-order valence-electron chi connectivity index (χ1n) is 10.5. The van der Waals surface area contributed by atoms with Gasteiger partial charge in [0.2, 0.25) is 0 Å². The molecular formula is C22H29BrN4O2. The number of likely N-dealkylation sites (tertiary alicyclic amines) is 1. The number of fused-ring (bicyclic) bond motifs is 2. The number of carbonyl (C=O) groups excluding carboxylic acids is 2. The van der Waals surface area contributed by atoms with E-state index in [4.69, 9.17) is 0 Å². The van der Waals surface area contributed by atoms with Crippen LogP contribution in [0.5, 0.6) is 0 Å². The molecule has 29 heavy (non-hydrogen) atoms. The number of halogens is 1. The van der Waals surface area contributed by atoms with Gasteiger partial charge >= 0.3 is 6.03 Å². The minimum absolute atomic E-state index is 0.0509. The molecular weight excluding hydrogens is 432 g/mol. The Labute approximate surface area is 180 Å². The number of hydrogen-bond donors (Lipinski definition) is 1. The molecule has 0 unspecified atom stereocenters. The molecule has 1 saturated heterocycles. The van der Waals surface area contributed by atoms with Crippen molar-refractivity contribution in [1.82, 2.24) is 14.5 Å². The summed E-state index contributed by atoms with van der Waals surface area (Å²) in [4.78, 5) is 29.3. The van der Waals surface area contributed by atoms with E-state index in [1.54, 1.807) is 11.8 Å². The van der Waals surface area contributed by atoms with Crippen LogP contribution in [0.3, 0.4) is 0 Å². The van der Waals surface area contributed by atoms with Gasteiger partial charge in [-0.05, 0) is 92.8 Å². The number of benzene rings is 1. The van der Waals surface area contributed by atoms with Crippen molar-refractivity contribution in [2.24, 2.45) is 0 Å². The molecule has 0 saturated carbocycles. The normalized spacial score (nSPS) is 21.1. The summed E-state index contributed by atoms with van der Waals surface area (Å²) in [7, 11) is 2.20. The Bertz CT molecular complexity index is 979. The number of nitrogens with zero attached hydrogens (tertiary/aromatic N) is 3. The Kier molecular flexibility index (Phi) is 5.46. The molecule has 1 aliphatic carbocycles. The van der Waals surface area contributed by atoms with Gasteiger partial charge in [-0.15, -0.1) is 0 Å². The molecule has 4 rings (SSSR count). The highest BCUT2D eigenvalue weighted by molar-refractivity contribution is 9.10. The van der Waals surface area contributed by atoms with E-state index in [1.165, 1.54) is 22.9 Å². The lowest BCUT2D eigenvalue weighted by Crippen LogP contribution is -2.44. The van der Waals surface area contributed by atoms with Gasteiger partial charge in [0.05, 0.1) is 5.52 Å². The second-order valence-electron chi connectivity index (χ2n) is 8.21. The van der Waals surface area contributed by atoms with Crippen molar-refractivity contribution in [2.75, 3.05) is 32.1 Å². The molecule has 2 aromatic rings. The lowest BCUT2D eigenvalue weighted by molar-refractivity contribution is 0.101. The summed E-state index contributed by atoms with van der Waals surface area (Å²) in [6.45, 7) is 7.94. The summed E-state index contributed by atoms with van der Waals surface area (Å²) >= 11 is 3.77. The van der Waals surface area contributed by atoms with Gasteiger partial charge in [-0.25, -0.2) is 14.9 Å². The second-order valence-corrected chi connectivity index (χ2v) is 8.96. The summed E-state index contributed by atoms with van der Waals surface area (Å²) < 4.78 is 2.71. The SMILES string of the molecule is CCN(CC)C(=O)Nn1c(Br)c2c3c(cc(C(C)=O)cc31)[C@H]1CCCN(C)[C@@H]1C2. The standard InChI is InChI=1S/C22H29BrN4O2/c1-5-26(6-2)22(29)24-27-19-11-14(13(3)28)10-16-15-8-7-9-25(4)18(15)12-17(20(16)19)21(27)23/h10-11,15,18H,5-9,12H2,1-4H3,(H,24,29)/t15-,18-/m1/s1. The van der Waals surface area contributed by atoms with Gasteiger partial charge in [0.15, 0.2) is 5.78 Å². The predicted octanol–water partition coefficient (Wildman–Crippen LogP) is 4.35. The lowest BCUT2D eigenvalue weighted by Gasteiger charge is -2.42. The van der Waals surface area contributed by atoms with Gasteiger partial charge in [-0.1, -0.05) is 0 Å². The predicted molar refractivity (Wildman–Crippen MR) is 119 cm³/mol. The average Bonchev–Trinajstić information content (AvgIpc) is 2.96. The Morgan fingerprint density at radius 1 is 1.28 bits per heavy atom. The van der Waals surface area contributed by atoms with Crippen molar-refractivity contribution in [3.05, 3.63) is 33.4 Å². The summed E-state index contributed by atoms with van der Waals surface area (Å²) in [5, 5.41) is 1.19. The van der Waals surface area contributed by atoms with E-state index in [9.17, 15) is 9.59 Å². The van der Waals surface area contributed by atoms with Crippen molar-refractivity contribution in [2.45, 2.75) is 52.0 Å². The zero-order chi connectivity index (χ0) is 20.9. The Morgan fingerprint density at radius 2 is 2.00 bits per heavy atom. The van der Waals surface area contributed by atoms with E-state index in [1.807, 2.05) is 24.6 Å². The third-order valence-corrected chi connectivity index (χ3v) is 7.50. The van der Waals surface area contributed by atoms with Crippen molar-refractivity contribution in [3.8, 4) is 0 Å². The lowest BCUT2D eigenvalue weighted by atomic mass is 9.74. The molecule has 1 aliphatic heterocycles. The van der Waals surface area contributed by atoms with Crippen LogP contribution in [0.1, 0.15) is 61.0 Å². The largest absolute Gasteiger partial charge is 0.336 e. The first-order chi connectivity index (χ1) is 13.9.